The minimum Gasteiger partial charge on any atom is -0.355 e. The molecule has 1 aliphatic rings. The SMILES string of the molecule is CCCC1(C(=O)NCCNC(C)=O)CCCNC1. The molecule has 5 nitrogen and oxygen atoms in total. The lowest BCUT2D eigenvalue weighted by Crippen LogP contribution is -2.51. The molecule has 0 bridgehead atoms. The minimum absolute atomic E-state index is 0.0631. The van der Waals surface area contributed by atoms with Crippen LogP contribution >= 0.6 is 0 Å². The van der Waals surface area contributed by atoms with E-state index in [9.17, 15) is 9.59 Å². The zero-order valence-electron chi connectivity index (χ0n) is 11.5. The Kier molecular flexibility index (Phi) is 6.12. The Morgan fingerprint density at radius 3 is 2.56 bits per heavy atom. The van der Waals surface area contributed by atoms with Crippen molar-refractivity contribution in [1.82, 2.24) is 16.0 Å². The molecule has 1 unspecified atom stereocenters. The van der Waals surface area contributed by atoms with Gasteiger partial charge in [0, 0.05) is 26.6 Å². The van der Waals surface area contributed by atoms with Crippen molar-refractivity contribution in [3.63, 3.8) is 0 Å². The van der Waals surface area contributed by atoms with E-state index in [1.807, 2.05) is 0 Å². The summed E-state index contributed by atoms with van der Waals surface area (Å²) in [6.45, 7) is 6.37. The van der Waals surface area contributed by atoms with Crippen LogP contribution in [0.25, 0.3) is 0 Å². The number of piperidine rings is 1. The molecule has 0 aromatic rings. The lowest BCUT2D eigenvalue weighted by Gasteiger charge is -2.36. The van der Waals surface area contributed by atoms with E-state index in [1.165, 1.54) is 6.92 Å². The van der Waals surface area contributed by atoms with E-state index >= 15 is 0 Å². The molecular weight excluding hydrogens is 230 g/mol. The maximum Gasteiger partial charge on any atom is 0.227 e. The van der Waals surface area contributed by atoms with Gasteiger partial charge >= 0.3 is 0 Å². The average molecular weight is 255 g/mol. The summed E-state index contributed by atoms with van der Waals surface area (Å²) in [6, 6.07) is 0. The first-order chi connectivity index (χ1) is 8.60. The van der Waals surface area contributed by atoms with E-state index in [1.54, 1.807) is 0 Å². The summed E-state index contributed by atoms with van der Waals surface area (Å²) in [5, 5.41) is 8.94. The van der Waals surface area contributed by atoms with E-state index < -0.39 is 0 Å². The zero-order valence-corrected chi connectivity index (χ0v) is 11.5. The predicted octanol–water partition coefficient (Wildman–Crippen LogP) is 0.409. The average Bonchev–Trinajstić information content (AvgIpc) is 2.35. The molecule has 0 saturated carbocycles. The van der Waals surface area contributed by atoms with Gasteiger partial charge in [0.2, 0.25) is 11.8 Å². The Morgan fingerprint density at radius 1 is 1.28 bits per heavy atom. The highest BCUT2D eigenvalue weighted by molar-refractivity contribution is 5.83. The van der Waals surface area contributed by atoms with Crippen molar-refractivity contribution < 1.29 is 9.59 Å². The van der Waals surface area contributed by atoms with Gasteiger partial charge < -0.3 is 16.0 Å². The lowest BCUT2D eigenvalue weighted by atomic mass is 9.76. The standard InChI is InChI=1S/C13H25N3O2/c1-3-5-13(6-4-7-14-10-13)12(18)16-9-8-15-11(2)17/h14H,3-10H2,1-2H3,(H,15,17)(H,16,18). The number of rotatable bonds is 6. The number of hydrogen-bond acceptors (Lipinski definition) is 3. The van der Waals surface area contributed by atoms with Crippen LogP contribution in [0.1, 0.15) is 39.5 Å². The Morgan fingerprint density at radius 2 is 2.00 bits per heavy atom. The van der Waals surface area contributed by atoms with E-state index in [-0.39, 0.29) is 17.2 Å². The van der Waals surface area contributed by atoms with Gasteiger partial charge in [0.25, 0.3) is 0 Å². The molecule has 1 rings (SSSR count). The van der Waals surface area contributed by atoms with Gasteiger partial charge in [-0.15, -0.1) is 0 Å². The van der Waals surface area contributed by atoms with Crippen LogP contribution in [0.4, 0.5) is 0 Å². The summed E-state index contributed by atoms with van der Waals surface area (Å²) in [4.78, 5) is 23.0. The first-order valence-corrected chi connectivity index (χ1v) is 6.84. The molecular formula is C13H25N3O2. The smallest absolute Gasteiger partial charge is 0.227 e. The second kappa shape index (κ2) is 7.36. The highest BCUT2D eigenvalue weighted by Gasteiger charge is 2.38. The molecule has 0 aliphatic carbocycles. The summed E-state index contributed by atoms with van der Waals surface area (Å²) < 4.78 is 0. The molecule has 1 aliphatic heterocycles. The summed E-state index contributed by atoms with van der Waals surface area (Å²) in [6.07, 6.45) is 3.95. The first kappa shape index (κ1) is 15.0. The molecule has 1 fully saturated rings. The van der Waals surface area contributed by atoms with Gasteiger partial charge in [0.05, 0.1) is 5.41 Å². The fourth-order valence-corrected chi connectivity index (χ4v) is 2.57. The maximum absolute atomic E-state index is 12.3. The fraction of sp³-hybridized carbons (Fsp3) is 0.846. The third-order valence-corrected chi connectivity index (χ3v) is 3.47. The van der Waals surface area contributed by atoms with E-state index in [2.05, 4.69) is 22.9 Å². The van der Waals surface area contributed by atoms with Crippen LogP contribution in [0.15, 0.2) is 0 Å². The number of carbonyl (C=O) groups excluding carboxylic acids is 2. The van der Waals surface area contributed by atoms with Gasteiger partial charge in [0.1, 0.15) is 0 Å². The van der Waals surface area contributed by atoms with Crippen molar-refractivity contribution in [2.24, 2.45) is 5.41 Å². The van der Waals surface area contributed by atoms with Gasteiger partial charge in [-0.3, -0.25) is 9.59 Å². The normalized spacial score (nSPS) is 23.4. The Bertz CT molecular complexity index is 280. The Hall–Kier alpha value is -1.10. The van der Waals surface area contributed by atoms with Gasteiger partial charge in [0.15, 0.2) is 0 Å². The highest BCUT2D eigenvalue weighted by atomic mass is 16.2. The lowest BCUT2D eigenvalue weighted by molar-refractivity contribution is -0.132. The molecule has 0 aromatic carbocycles. The molecule has 0 aromatic heterocycles. The first-order valence-electron chi connectivity index (χ1n) is 6.84. The second-order valence-corrected chi connectivity index (χ2v) is 5.05. The van der Waals surface area contributed by atoms with Crippen LogP contribution in [0, 0.1) is 5.41 Å². The van der Waals surface area contributed by atoms with E-state index in [0.29, 0.717) is 13.1 Å². The number of nitrogens with one attached hydrogen (secondary N) is 3. The van der Waals surface area contributed by atoms with Crippen molar-refractivity contribution in [2.75, 3.05) is 26.2 Å². The summed E-state index contributed by atoms with van der Waals surface area (Å²) >= 11 is 0. The van der Waals surface area contributed by atoms with Crippen LogP contribution in [-0.4, -0.2) is 38.0 Å². The van der Waals surface area contributed by atoms with Crippen molar-refractivity contribution in [2.45, 2.75) is 39.5 Å². The topological polar surface area (TPSA) is 70.2 Å². The maximum atomic E-state index is 12.3. The van der Waals surface area contributed by atoms with Crippen LogP contribution in [-0.2, 0) is 9.59 Å². The molecule has 3 N–H and O–H groups in total. The quantitative estimate of drug-likeness (QED) is 0.602. The van der Waals surface area contributed by atoms with Crippen LogP contribution in [0.3, 0.4) is 0 Å². The monoisotopic (exact) mass is 255 g/mol. The molecule has 2 amide bonds. The van der Waals surface area contributed by atoms with Crippen LogP contribution in [0.2, 0.25) is 0 Å². The number of carbonyl (C=O) groups is 2. The molecule has 0 spiro atoms. The van der Waals surface area contributed by atoms with E-state index in [4.69, 9.17) is 0 Å². The van der Waals surface area contributed by atoms with Gasteiger partial charge in [-0.2, -0.15) is 0 Å². The van der Waals surface area contributed by atoms with Crippen LogP contribution < -0.4 is 16.0 Å². The molecule has 1 heterocycles. The summed E-state index contributed by atoms with van der Waals surface area (Å²) in [5.41, 5.74) is -0.247. The highest BCUT2D eigenvalue weighted by Crippen LogP contribution is 2.31. The predicted molar refractivity (Wildman–Crippen MR) is 71.1 cm³/mol. The van der Waals surface area contributed by atoms with E-state index in [0.717, 1.165) is 38.8 Å². The Balaban J connectivity index is 2.42. The van der Waals surface area contributed by atoms with Crippen molar-refractivity contribution >= 4 is 11.8 Å². The zero-order chi connectivity index (χ0) is 13.4. The molecule has 1 atom stereocenters. The van der Waals surface area contributed by atoms with Gasteiger partial charge in [-0.25, -0.2) is 0 Å². The number of amides is 2. The van der Waals surface area contributed by atoms with Gasteiger partial charge in [-0.1, -0.05) is 13.3 Å². The fourth-order valence-electron chi connectivity index (χ4n) is 2.57. The molecule has 5 heteroatoms. The Labute approximate surface area is 109 Å². The minimum atomic E-state index is -0.247. The largest absolute Gasteiger partial charge is 0.355 e. The summed E-state index contributed by atoms with van der Waals surface area (Å²) in [7, 11) is 0. The van der Waals surface area contributed by atoms with Crippen molar-refractivity contribution in [3.05, 3.63) is 0 Å². The molecule has 104 valence electrons. The summed E-state index contributed by atoms with van der Waals surface area (Å²) in [5.74, 6) is 0.0637. The molecule has 0 radical (unpaired) electrons. The van der Waals surface area contributed by atoms with Crippen LogP contribution in [0.5, 0.6) is 0 Å². The van der Waals surface area contributed by atoms with Crippen molar-refractivity contribution in [3.8, 4) is 0 Å². The molecule has 18 heavy (non-hydrogen) atoms. The number of hydrogen-bond donors (Lipinski definition) is 3. The van der Waals surface area contributed by atoms with Gasteiger partial charge in [-0.05, 0) is 25.8 Å². The van der Waals surface area contributed by atoms with Crippen molar-refractivity contribution in [1.29, 1.82) is 0 Å². The third-order valence-electron chi connectivity index (χ3n) is 3.47. The third kappa shape index (κ3) is 4.29. The second-order valence-electron chi connectivity index (χ2n) is 5.05. The molecule has 1 saturated heterocycles.